The topological polar surface area (TPSA) is 240 Å². The van der Waals surface area contributed by atoms with Gasteiger partial charge in [-0.2, -0.15) is 0 Å². The van der Waals surface area contributed by atoms with Gasteiger partial charge in [0, 0.05) is 51.6 Å². The molecule has 774 valence electrons. The number of hydrogen-bond donors (Lipinski definition) is 4. The number of hydrogen-bond acceptors (Lipinski definition) is 14. The smallest absolute Gasteiger partial charge is 0.315 e. The third-order valence-electron chi connectivity index (χ3n) is 26.1. The lowest BCUT2D eigenvalue weighted by molar-refractivity contribution is -0.159. The lowest BCUT2D eigenvalue weighted by Crippen LogP contribution is -2.61. The zero-order valence-electron chi connectivity index (χ0n) is 87.9. The first-order chi connectivity index (χ1) is 64.1. The zero-order chi connectivity index (χ0) is 95.9. The number of urea groups is 2. The molecular weight excluding hydrogens is 1640 g/mol. The second-order valence-electron chi connectivity index (χ2n) is 39.6. The average Bonchev–Trinajstić information content (AvgIpc) is 0.850. The molecule has 0 saturated heterocycles. The summed E-state index contributed by atoms with van der Waals surface area (Å²) in [5, 5.41) is 11.5. The lowest BCUT2D eigenvalue weighted by Gasteiger charge is -2.33. The molecule has 0 radical (unpaired) electrons. The van der Waals surface area contributed by atoms with Crippen LogP contribution >= 0.6 is 0 Å². The molecule has 0 aliphatic rings. The van der Waals surface area contributed by atoms with Crippen LogP contribution in [0.15, 0.2) is 0 Å². The highest BCUT2D eigenvalue weighted by molar-refractivity contribution is 5.77. The summed E-state index contributed by atoms with van der Waals surface area (Å²) in [5.74, 6) is -2.22. The number of nitrogens with one attached hydrogen (secondary N) is 4. The number of rotatable bonds is 103. The van der Waals surface area contributed by atoms with Crippen LogP contribution < -0.4 is 21.3 Å². The molecule has 4 amide bonds. The molecule has 0 aromatic heterocycles. The van der Waals surface area contributed by atoms with E-state index in [1.165, 1.54) is 385 Å². The van der Waals surface area contributed by atoms with E-state index in [0.29, 0.717) is 13.1 Å². The molecule has 0 atom stereocenters. The summed E-state index contributed by atoms with van der Waals surface area (Å²) in [6, 6.07) is -0.962. The minimum atomic E-state index is -1.42. The van der Waals surface area contributed by atoms with E-state index in [1.54, 1.807) is 0 Å². The van der Waals surface area contributed by atoms with Gasteiger partial charge >= 0.3 is 47.9 Å². The molecule has 0 heterocycles. The van der Waals surface area contributed by atoms with Gasteiger partial charge in [-0.15, -0.1) is 0 Å². The normalized spacial score (nSPS) is 11.5. The van der Waals surface area contributed by atoms with Gasteiger partial charge in [0.25, 0.3) is 0 Å². The number of unbranched alkanes of at least 4 members (excludes halogenated alkanes) is 73. The quantitative estimate of drug-likeness (QED) is 0.0252. The summed E-state index contributed by atoms with van der Waals surface area (Å²) in [4.78, 5) is 105. The third-order valence-corrected chi connectivity index (χ3v) is 26.1. The molecule has 0 rings (SSSR count). The fourth-order valence-electron chi connectivity index (χ4n) is 17.1. The van der Waals surface area contributed by atoms with Gasteiger partial charge < -0.3 is 49.7 Å². The molecule has 0 spiro atoms. The molecule has 0 bridgehead atoms. The molecule has 18 nitrogen and oxygen atoms in total. The molecule has 4 N–H and O–H groups in total. The van der Waals surface area contributed by atoms with Crippen LogP contribution in [0.4, 0.5) is 9.59 Å². The Labute approximate surface area is 809 Å². The number of carbonyl (C=O) groups is 8. The summed E-state index contributed by atoms with van der Waals surface area (Å²) in [6.07, 6.45) is 99.3. The van der Waals surface area contributed by atoms with Crippen LogP contribution in [0.1, 0.15) is 614 Å². The van der Waals surface area contributed by atoms with Crippen molar-refractivity contribution in [2.75, 3.05) is 52.7 Å². The van der Waals surface area contributed by atoms with E-state index in [4.69, 9.17) is 28.4 Å². The Kier molecular flexibility index (Phi) is 102. The van der Waals surface area contributed by atoms with E-state index >= 15 is 0 Å². The summed E-state index contributed by atoms with van der Waals surface area (Å²) in [6.45, 7) is 16.9. The van der Waals surface area contributed by atoms with Crippen molar-refractivity contribution in [3.63, 3.8) is 0 Å². The van der Waals surface area contributed by atoms with E-state index in [0.717, 1.165) is 135 Å². The van der Waals surface area contributed by atoms with Crippen LogP contribution in [0.25, 0.3) is 0 Å². The third kappa shape index (κ3) is 96.8. The highest BCUT2D eigenvalue weighted by Crippen LogP contribution is 2.24. The Morgan fingerprint density at radius 1 is 0.153 bits per heavy atom. The number of esters is 6. The highest BCUT2D eigenvalue weighted by Gasteiger charge is 2.39. The molecule has 0 fully saturated rings. The van der Waals surface area contributed by atoms with Crippen molar-refractivity contribution in [2.45, 2.75) is 625 Å². The summed E-state index contributed by atoms with van der Waals surface area (Å²) >= 11 is 0. The average molecular weight is 1860 g/mol. The van der Waals surface area contributed by atoms with Crippen LogP contribution in [0.5, 0.6) is 0 Å². The van der Waals surface area contributed by atoms with Gasteiger partial charge in [0.2, 0.25) is 0 Å². The Morgan fingerprint density at radius 2 is 0.275 bits per heavy atom. The molecule has 0 aliphatic heterocycles. The Balaban J connectivity index is 0. The molecule has 0 aliphatic carbocycles. The van der Waals surface area contributed by atoms with E-state index in [1.807, 2.05) is 13.8 Å². The second-order valence-corrected chi connectivity index (χ2v) is 39.6. The Bertz CT molecular complexity index is 2260. The second kappa shape index (κ2) is 104. The van der Waals surface area contributed by atoms with Crippen molar-refractivity contribution < 1.29 is 66.8 Å². The summed E-state index contributed by atoms with van der Waals surface area (Å²) in [7, 11) is 0. The van der Waals surface area contributed by atoms with Crippen molar-refractivity contribution >= 4 is 47.9 Å². The van der Waals surface area contributed by atoms with E-state index < -0.39 is 23.1 Å². The standard InChI is InChI=1S/C57H110N2O7.C56H108N2O7/c1-5-9-13-16-19-22-25-28-31-34-37-40-43-46-53(60)64-50-57(59-56(63)58-49-12-8-4,51-65-54(61)47-44-41-38-35-32-29-26-23-20-17-14-10-6-2)52-66-55(62)48-45-42-39-36-33-30-27-24-21-18-15-11-7-3;1-5-9-12-15-18-21-24-27-30-33-36-39-42-45-52(59)63-49-56(58-55(62)57-48-8-4,50-64-53(60)46-43-40-37-34-31-28-25-22-19-16-13-10-6-2)51-65-54(61)47-44-41-38-35-32-29-26-23-20-17-14-11-7-3/h5-52H2,1-4H3,(H2,58,59,63);5-51H2,1-4H3,(H2,57,58,62). The Hall–Kier alpha value is -4.64. The maximum atomic E-state index is 13.2. The van der Waals surface area contributed by atoms with E-state index in [9.17, 15) is 38.4 Å². The maximum absolute atomic E-state index is 13.2. The molecule has 18 heteroatoms. The van der Waals surface area contributed by atoms with Crippen molar-refractivity contribution in [3.05, 3.63) is 0 Å². The van der Waals surface area contributed by atoms with Crippen molar-refractivity contribution in [3.8, 4) is 0 Å². The van der Waals surface area contributed by atoms with Crippen LogP contribution in [0, 0.1) is 0 Å². The highest BCUT2D eigenvalue weighted by atomic mass is 16.6. The molecule has 0 unspecified atom stereocenters. The minimum Gasteiger partial charge on any atom is -0.463 e. The van der Waals surface area contributed by atoms with Crippen LogP contribution in [0.2, 0.25) is 0 Å². The van der Waals surface area contributed by atoms with Crippen LogP contribution in [0.3, 0.4) is 0 Å². The first-order valence-electron chi connectivity index (χ1n) is 57.2. The first kappa shape index (κ1) is 128. The van der Waals surface area contributed by atoms with Crippen LogP contribution in [-0.2, 0) is 57.2 Å². The number of carbonyl (C=O) groups excluding carboxylic acids is 8. The Morgan fingerprint density at radius 3 is 0.405 bits per heavy atom. The fourth-order valence-corrected chi connectivity index (χ4v) is 17.1. The van der Waals surface area contributed by atoms with Gasteiger partial charge in [0.05, 0.1) is 0 Å². The van der Waals surface area contributed by atoms with Crippen LogP contribution in [-0.4, -0.2) is 112 Å². The first-order valence-corrected chi connectivity index (χ1v) is 57.2. The van der Waals surface area contributed by atoms with Gasteiger partial charge in [0.1, 0.15) is 50.7 Å². The largest absolute Gasteiger partial charge is 0.463 e. The maximum Gasteiger partial charge on any atom is 0.315 e. The monoisotopic (exact) mass is 1860 g/mol. The molecular formula is C113H218N4O14. The lowest BCUT2D eigenvalue weighted by atomic mass is 10.0. The SMILES string of the molecule is CCCCCCCCCCCCCCCC(=O)OCC(COC(=O)CCCCCCCCCCCCCCC)(COC(=O)CCCCCCCCCCCCCCC)NC(=O)NCCC.CCCCCCCCCCCCCCCC(=O)OCC(COC(=O)CCCCCCCCCCCCCCC)(COC(=O)CCCCCCCCCCCCCCC)NC(=O)NCCCC. The fraction of sp³-hybridized carbons (Fsp3) is 0.929. The molecule has 131 heavy (non-hydrogen) atoms. The van der Waals surface area contributed by atoms with E-state index in [2.05, 4.69) is 62.8 Å². The van der Waals surface area contributed by atoms with E-state index in [-0.39, 0.29) is 114 Å². The molecule has 0 saturated carbocycles. The zero-order valence-corrected chi connectivity index (χ0v) is 87.9. The van der Waals surface area contributed by atoms with Gasteiger partial charge in [0.15, 0.2) is 0 Å². The molecule has 0 aromatic carbocycles. The summed E-state index contributed by atoms with van der Waals surface area (Å²) < 4.78 is 34.8. The van der Waals surface area contributed by atoms with Crippen molar-refractivity contribution in [2.24, 2.45) is 0 Å². The number of amides is 4. The van der Waals surface area contributed by atoms with Crippen molar-refractivity contribution in [1.29, 1.82) is 0 Å². The van der Waals surface area contributed by atoms with Crippen molar-refractivity contribution in [1.82, 2.24) is 21.3 Å². The van der Waals surface area contributed by atoms with Gasteiger partial charge in [-0.05, 0) is 51.4 Å². The number of ether oxygens (including phenoxy) is 6. The predicted octanol–water partition coefficient (Wildman–Crippen LogP) is 33.4. The van der Waals surface area contributed by atoms with Gasteiger partial charge in [-0.25, -0.2) is 9.59 Å². The predicted molar refractivity (Wildman–Crippen MR) is 551 cm³/mol. The molecule has 0 aromatic rings. The van der Waals surface area contributed by atoms with Gasteiger partial charge in [-0.1, -0.05) is 524 Å². The van der Waals surface area contributed by atoms with Gasteiger partial charge in [-0.3, -0.25) is 28.8 Å². The minimum absolute atomic E-state index is 0.260. The summed E-state index contributed by atoms with van der Waals surface area (Å²) in [5.41, 5.74) is -2.83.